The quantitative estimate of drug-likeness (QED) is 0.709. The number of aliphatic hydroxyl groups is 1. The first-order chi connectivity index (χ1) is 8.90. The number of rotatable bonds is 8. The van der Waals surface area contributed by atoms with Gasteiger partial charge in [-0.25, -0.2) is 0 Å². The molecular formula is C15H23NOS. The molecule has 1 aromatic carbocycles. The summed E-state index contributed by atoms with van der Waals surface area (Å²) in [7, 11) is 0. The number of nitrogens with one attached hydrogen (secondary N) is 1. The van der Waals surface area contributed by atoms with Crippen molar-refractivity contribution in [1.29, 1.82) is 0 Å². The molecule has 1 saturated carbocycles. The van der Waals surface area contributed by atoms with Crippen molar-refractivity contribution in [3.05, 3.63) is 35.9 Å². The van der Waals surface area contributed by atoms with E-state index in [2.05, 4.69) is 35.6 Å². The Hall–Kier alpha value is -0.510. The van der Waals surface area contributed by atoms with E-state index in [0.29, 0.717) is 12.6 Å². The Morgan fingerprint density at radius 2 is 1.94 bits per heavy atom. The van der Waals surface area contributed by atoms with Gasteiger partial charge < -0.3 is 10.4 Å². The van der Waals surface area contributed by atoms with Gasteiger partial charge >= 0.3 is 0 Å². The molecule has 2 nitrogen and oxygen atoms in total. The van der Waals surface area contributed by atoms with Crippen LogP contribution in [-0.2, 0) is 0 Å². The summed E-state index contributed by atoms with van der Waals surface area (Å²) in [4.78, 5) is 0. The fourth-order valence-corrected chi connectivity index (χ4v) is 3.19. The Morgan fingerprint density at radius 1 is 1.17 bits per heavy atom. The third kappa shape index (κ3) is 4.30. The maximum absolute atomic E-state index is 8.67. The highest BCUT2D eigenvalue weighted by Crippen LogP contribution is 2.36. The van der Waals surface area contributed by atoms with Gasteiger partial charge in [0, 0.05) is 24.9 Å². The minimum atomic E-state index is 0.321. The van der Waals surface area contributed by atoms with Gasteiger partial charge in [0.1, 0.15) is 0 Å². The molecule has 0 aromatic heterocycles. The molecule has 1 aliphatic carbocycles. The normalized spacial score (nSPS) is 22.7. The van der Waals surface area contributed by atoms with Crippen molar-refractivity contribution in [3.8, 4) is 0 Å². The third-order valence-electron chi connectivity index (χ3n) is 3.54. The zero-order chi connectivity index (χ0) is 12.6. The van der Waals surface area contributed by atoms with Crippen LogP contribution in [-0.4, -0.2) is 35.8 Å². The summed E-state index contributed by atoms with van der Waals surface area (Å²) in [6.45, 7) is 1.42. The van der Waals surface area contributed by atoms with E-state index in [4.69, 9.17) is 5.11 Å². The Kier molecular flexibility index (Phi) is 6.05. The first-order valence-electron chi connectivity index (χ1n) is 6.87. The smallest absolute Gasteiger partial charge is 0.0438 e. The number of hydrogen-bond acceptors (Lipinski definition) is 3. The molecule has 1 fully saturated rings. The van der Waals surface area contributed by atoms with Gasteiger partial charge in [-0.1, -0.05) is 30.3 Å². The lowest BCUT2D eigenvalue weighted by atomic mass is 9.76. The van der Waals surface area contributed by atoms with Crippen molar-refractivity contribution in [2.24, 2.45) is 0 Å². The van der Waals surface area contributed by atoms with Crippen molar-refractivity contribution in [2.75, 3.05) is 24.7 Å². The lowest BCUT2D eigenvalue weighted by molar-refractivity contribution is 0.295. The first kappa shape index (κ1) is 13.9. The molecule has 0 spiro atoms. The number of hydrogen-bond donors (Lipinski definition) is 2. The fraction of sp³-hybridized carbons (Fsp3) is 0.600. The van der Waals surface area contributed by atoms with Crippen LogP contribution in [0.5, 0.6) is 0 Å². The molecule has 0 unspecified atom stereocenters. The van der Waals surface area contributed by atoms with Gasteiger partial charge in [-0.15, -0.1) is 0 Å². The Morgan fingerprint density at radius 3 is 2.67 bits per heavy atom. The summed E-state index contributed by atoms with van der Waals surface area (Å²) >= 11 is 1.93. The second-order valence-electron chi connectivity index (χ2n) is 4.92. The van der Waals surface area contributed by atoms with E-state index in [1.807, 2.05) is 11.8 Å². The van der Waals surface area contributed by atoms with Gasteiger partial charge in [0.2, 0.25) is 0 Å². The van der Waals surface area contributed by atoms with Gasteiger partial charge in [0.05, 0.1) is 0 Å². The Balaban J connectivity index is 1.52. The molecule has 2 N–H and O–H groups in total. The van der Waals surface area contributed by atoms with Gasteiger partial charge in [0.15, 0.2) is 0 Å². The van der Waals surface area contributed by atoms with Gasteiger partial charge in [-0.2, -0.15) is 11.8 Å². The van der Waals surface area contributed by atoms with Crippen molar-refractivity contribution in [1.82, 2.24) is 5.32 Å². The molecule has 100 valence electrons. The SMILES string of the molecule is OCCCSCCNC1CC(c2ccccc2)C1. The van der Waals surface area contributed by atoms with Crippen molar-refractivity contribution >= 4 is 11.8 Å². The molecule has 2 rings (SSSR count). The Labute approximate surface area is 114 Å². The molecule has 0 heterocycles. The molecule has 0 aliphatic heterocycles. The molecule has 0 amide bonds. The highest BCUT2D eigenvalue weighted by Gasteiger charge is 2.29. The van der Waals surface area contributed by atoms with Crippen LogP contribution in [0.4, 0.5) is 0 Å². The van der Waals surface area contributed by atoms with E-state index >= 15 is 0 Å². The van der Waals surface area contributed by atoms with Gasteiger partial charge in [0.25, 0.3) is 0 Å². The summed E-state index contributed by atoms with van der Waals surface area (Å²) in [5, 5.41) is 12.3. The summed E-state index contributed by atoms with van der Waals surface area (Å²) in [6.07, 6.45) is 3.49. The van der Waals surface area contributed by atoms with Crippen LogP contribution in [0, 0.1) is 0 Å². The maximum atomic E-state index is 8.67. The number of aliphatic hydroxyl groups excluding tert-OH is 1. The van der Waals surface area contributed by atoms with Crippen LogP contribution >= 0.6 is 11.8 Å². The molecule has 0 radical (unpaired) electrons. The van der Waals surface area contributed by atoms with E-state index in [0.717, 1.165) is 30.4 Å². The zero-order valence-electron chi connectivity index (χ0n) is 10.8. The van der Waals surface area contributed by atoms with Crippen LogP contribution in [0.2, 0.25) is 0 Å². The number of benzene rings is 1. The summed E-state index contributed by atoms with van der Waals surface area (Å²) in [6, 6.07) is 11.6. The molecule has 0 bridgehead atoms. The van der Waals surface area contributed by atoms with Crippen molar-refractivity contribution in [2.45, 2.75) is 31.2 Å². The van der Waals surface area contributed by atoms with Gasteiger partial charge in [-0.3, -0.25) is 0 Å². The first-order valence-corrected chi connectivity index (χ1v) is 8.02. The topological polar surface area (TPSA) is 32.3 Å². The summed E-state index contributed by atoms with van der Waals surface area (Å²) in [5.74, 6) is 3.01. The lowest BCUT2D eigenvalue weighted by Crippen LogP contribution is -2.41. The second kappa shape index (κ2) is 7.82. The lowest BCUT2D eigenvalue weighted by Gasteiger charge is -2.36. The fourth-order valence-electron chi connectivity index (χ4n) is 2.39. The summed E-state index contributed by atoms with van der Waals surface area (Å²) in [5.41, 5.74) is 1.49. The van der Waals surface area contributed by atoms with E-state index in [1.54, 1.807) is 0 Å². The summed E-state index contributed by atoms with van der Waals surface area (Å²) < 4.78 is 0. The standard InChI is InChI=1S/C15H23NOS/c17-8-4-9-18-10-7-16-15-11-14(12-15)13-5-2-1-3-6-13/h1-3,5-6,14-17H,4,7-12H2. The second-order valence-corrected chi connectivity index (χ2v) is 6.14. The molecular weight excluding hydrogens is 242 g/mol. The molecule has 18 heavy (non-hydrogen) atoms. The highest BCUT2D eigenvalue weighted by molar-refractivity contribution is 7.99. The van der Waals surface area contributed by atoms with E-state index in [1.165, 1.54) is 18.4 Å². The predicted molar refractivity (Wildman–Crippen MR) is 79.2 cm³/mol. The number of thioether (sulfide) groups is 1. The molecule has 1 aliphatic rings. The molecule has 3 heteroatoms. The van der Waals surface area contributed by atoms with Crippen LogP contribution < -0.4 is 5.32 Å². The van der Waals surface area contributed by atoms with Crippen molar-refractivity contribution < 1.29 is 5.11 Å². The van der Waals surface area contributed by atoms with Crippen LogP contribution in [0.25, 0.3) is 0 Å². The van der Waals surface area contributed by atoms with Crippen LogP contribution in [0.1, 0.15) is 30.7 Å². The minimum absolute atomic E-state index is 0.321. The van der Waals surface area contributed by atoms with Crippen LogP contribution in [0.15, 0.2) is 30.3 Å². The molecule has 0 saturated heterocycles. The molecule has 1 aromatic rings. The zero-order valence-corrected chi connectivity index (χ0v) is 11.7. The van der Waals surface area contributed by atoms with Gasteiger partial charge in [-0.05, 0) is 36.5 Å². The average Bonchev–Trinajstić information content (AvgIpc) is 2.36. The Bertz CT molecular complexity index is 325. The monoisotopic (exact) mass is 265 g/mol. The van der Waals surface area contributed by atoms with Crippen molar-refractivity contribution in [3.63, 3.8) is 0 Å². The maximum Gasteiger partial charge on any atom is 0.0438 e. The van der Waals surface area contributed by atoms with E-state index in [9.17, 15) is 0 Å². The molecule has 0 atom stereocenters. The average molecular weight is 265 g/mol. The highest BCUT2D eigenvalue weighted by atomic mass is 32.2. The van der Waals surface area contributed by atoms with Crippen LogP contribution in [0.3, 0.4) is 0 Å². The largest absolute Gasteiger partial charge is 0.396 e. The third-order valence-corrected chi connectivity index (χ3v) is 4.61. The van der Waals surface area contributed by atoms with E-state index in [-0.39, 0.29) is 0 Å². The predicted octanol–water partition coefficient (Wildman–Crippen LogP) is 2.64. The minimum Gasteiger partial charge on any atom is -0.396 e. The van der Waals surface area contributed by atoms with E-state index < -0.39 is 0 Å².